The van der Waals surface area contributed by atoms with Crippen LogP contribution >= 0.6 is 0 Å². The van der Waals surface area contributed by atoms with Gasteiger partial charge in [0.1, 0.15) is 0 Å². The molecule has 0 saturated carbocycles. The van der Waals surface area contributed by atoms with E-state index in [2.05, 4.69) is 20.5 Å². The summed E-state index contributed by atoms with van der Waals surface area (Å²) < 4.78 is 4.99. The summed E-state index contributed by atoms with van der Waals surface area (Å²) in [5.41, 5.74) is 2.27. The van der Waals surface area contributed by atoms with Crippen molar-refractivity contribution < 1.29 is 4.74 Å². The monoisotopic (exact) mass is 218 g/mol. The van der Waals surface area contributed by atoms with Crippen molar-refractivity contribution in [1.82, 2.24) is 20.5 Å². The van der Waals surface area contributed by atoms with Gasteiger partial charge in [-0.15, -0.1) is 0 Å². The molecule has 0 atom stereocenters. The molecule has 0 unspecified atom stereocenters. The van der Waals surface area contributed by atoms with Crippen molar-refractivity contribution in [2.24, 2.45) is 0 Å². The smallest absolute Gasteiger partial charge is 0.212 e. The Balaban J connectivity index is 1.81. The van der Waals surface area contributed by atoms with E-state index in [9.17, 15) is 0 Å². The number of hydrogen-bond acceptors (Lipinski definition) is 4. The number of methoxy groups -OCH3 is 1. The molecule has 2 aromatic rings. The zero-order valence-corrected chi connectivity index (χ0v) is 9.10. The van der Waals surface area contributed by atoms with Crippen LogP contribution in [-0.4, -0.2) is 22.3 Å². The Bertz CT molecular complexity index is 410. The average Bonchev–Trinajstić information content (AvgIpc) is 2.83. The second-order valence-electron chi connectivity index (χ2n) is 3.42. The summed E-state index contributed by atoms with van der Waals surface area (Å²) in [6, 6.07) is 3.85. The molecule has 5 nitrogen and oxygen atoms in total. The summed E-state index contributed by atoms with van der Waals surface area (Å²) in [5, 5.41) is 9.95. The van der Waals surface area contributed by atoms with Gasteiger partial charge in [-0.25, -0.2) is 4.98 Å². The average molecular weight is 218 g/mol. The van der Waals surface area contributed by atoms with Crippen molar-refractivity contribution in [1.29, 1.82) is 0 Å². The molecule has 0 fully saturated rings. The molecule has 2 N–H and O–H groups in total. The SMILES string of the molecule is COc1ccc(CNCc2cn[nH]c2)cn1. The maximum atomic E-state index is 4.99. The Labute approximate surface area is 93.9 Å². The van der Waals surface area contributed by atoms with Gasteiger partial charge in [0.2, 0.25) is 5.88 Å². The van der Waals surface area contributed by atoms with E-state index in [4.69, 9.17) is 4.74 Å². The van der Waals surface area contributed by atoms with Gasteiger partial charge in [0, 0.05) is 37.1 Å². The van der Waals surface area contributed by atoms with E-state index in [1.807, 2.05) is 18.3 Å². The van der Waals surface area contributed by atoms with E-state index in [1.165, 1.54) is 0 Å². The molecule has 0 radical (unpaired) electrons. The van der Waals surface area contributed by atoms with Gasteiger partial charge in [-0.1, -0.05) is 6.07 Å². The van der Waals surface area contributed by atoms with Crippen molar-refractivity contribution in [2.45, 2.75) is 13.1 Å². The molecule has 2 heterocycles. The van der Waals surface area contributed by atoms with Crippen molar-refractivity contribution in [3.63, 3.8) is 0 Å². The van der Waals surface area contributed by atoms with Crippen molar-refractivity contribution in [3.8, 4) is 5.88 Å². The van der Waals surface area contributed by atoms with Gasteiger partial charge in [-0.2, -0.15) is 5.10 Å². The summed E-state index contributed by atoms with van der Waals surface area (Å²) in [4.78, 5) is 4.13. The van der Waals surface area contributed by atoms with Crippen LogP contribution in [0.3, 0.4) is 0 Å². The topological polar surface area (TPSA) is 62.8 Å². The van der Waals surface area contributed by atoms with Crippen molar-refractivity contribution in [2.75, 3.05) is 7.11 Å². The molecule has 0 spiro atoms. The van der Waals surface area contributed by atoms with Crippen LogP contribution in [0.25, 0.3) is 0 Å². The molecule has 0 aliphatic carbocycles. The van der Waals surface area contributed by atoms with E-state index >= 15 is 0 Å². The molecule has 2 aromatic heterocycles. The van der Waals surface area contributed by atoms with E-state index in [-0.39, 0.29) is 0 Å². The molecule has 84 valence electrons. The molecular formula is C11H14N4O. The minimum absolute atomic E-state index is 0.638. The zero-order chi connectivity index (χ0) is 11.2. The van der Waals surface area contributed by atoms with Crippen LogP contribution < -0.4 is 10.1 Å². The summed E-state index contributed by atoms with van der Waals surface area (Å²) in [6.07, 6.45) is 5.49. The molecular weight excluding hydrogens is 204 g/mol. The number of H-pyrrole nitrogens is 1. The molecule has 2 rings (SSSR count). The number of ether oxygens (including phenoxy) is 1. The van der Waals surface area contributed by atoms with E-state index in [0.717, 1.165) is 24.2 Å². The Morgan fingerprint density at radius 1 is 1.25 bits per heavy atom. The Hall–Kier alpha value is -1.88. The molecule has 0 aromatic carbocycles. The highest BCUT2D eigenvalue weighted by molar-refractivity contribution is 5.17. The minimum Gasteiger partial charge on any atom is -0.481 e. The van der Waals surface area contributed by atoms with Crippen LogP contribution in [0.4, 0.5) is 0 Å². The van der Waals surface area contributed by atoms with Crippen LogP contribution in [0.1, 0.15) is 11.1 Å². The maximum absolute atomic E-state index is 4.99. The van der Waals surface area contributed by atoms with E-state index in [1.54, 1.807) is 19.5 Å². The summed E-state index contributed by atoms with van der Waals surface area (Å²) in [5.74, 6) is 0.638. The number of pyridine rings is 1. The second kappa shape index (κ2) is 5.27. The highest BCUT2D eigenvalue weighted by atomic mass is 16.5. The van der Waals surface area contributed by atoms with Crippen LogP contribution in [0.5, 0.6) is 5.88 Å². The lowest BCUT2D eigenvalue weighted by atomic mass is 10.2. The first-order valence-electron chi connectivity index (χ1n) is 5.06. The number of nitrogens with one attached hydrogen (secondary N) is 2. The first-order valence-corrected chi connectivity index (χ1v) is 5.06. The molecule has 5 heteroatoms. The quantitative estimate of drug-likeness (QED) is 0.789. The van der Waals surface area contributed by atoms with Gasteiger partial charge in [0.25, 0.3) is 0 Å². The second-order valence-corrected chi connectivity index (χ2v) is 3.42. The fourth-order valence-corrected chi connectivity index (χ4v) is 1.36. The van der Waals surface area contributed by atoms with Gasteiger partial charge < -0.3 is 10.1 Å². The zero-order valence-electron chi connectivity index (χ0n) is 9.10. The highest BCUT2D eigenvalue weighted by Crippen LogP contribution is 2.06. The molecule has 16 heavy (non-hydrogen) atoms. The van der Waals surface area contributed by atoms with Crippen molar-refractivity contribution in [3.05, 3.63) is 41.9 Å². The van der Waals surface area contributed by atoms with Gasteiger partial charge in [-0.3, -0.25) is 5.10 Å². The number of aromatic nitrogens is 3. The van der Waals surface area contributed by atoms with Crippen molar-refractivity contribution >= 4 is 0 Å². The fraction of sp³-hybridized carbons (Fsp3) is 0.273. The molecule has 0 saturated heterocycles. The summed E-state index contributed by atoms with van der Waals surface area (Å²) in [7, 11) is 1.61. The lowest BCUT2D eigenvalue weighted by Gasteiger charge is -2.03. The summed E-state index contributed by atoms with van der Waals surface area (Å²) in [6.45, 7) is 1.57. The number of nitrogens with zero attached hydrogens (tertiary/aromatic N) is 2. The van der Waals surface area contributed by atoms with Crippen LogP contribution in [0.15, 0.2) is 30.7 Å². The van der Waals surface area contributed by atoms with Gasteiger partial charge in [0.05, 0.1) is 13.3 Å². The lowest BCUT2D eigenvalue weighted by molar-refractivity contribution is 0.397. The molecule has 0 amide bonds. The molecule has 0 aliphatic rings. The lowest BCUT2D eigenvalue weighted by Crippen LogP contribution is -2.12. The van der Waals surface area contributed by atoms with E-state index < -0.39 is 0 Å². The van der Waals surface area contributed by atoms with Crippen LogP contribution in [-0.2, 0) is 13.1 Å². The predicted octanol–water partition coefficient (Wildman–Crippen LogP) is 1.10. The van der Waals surface area contributed by atoms with E-state index in [0.29, 0.717) is 5.88 Å². The van der Waals surface area contributed by atoms with Gasteiger partial charge in [-0.05, 0) is 5.56 Å². The Morgan fingerprint density at radius 2 is 2.12 bits per heavy atom. The third kappa shape index (κ3) is 2.80. The first kappa shape index (κ1) is 10.6. The predicted molar refractivity (Wildman–Crippen MR) is 59.9 cm³/mol. The molecule has 0 bridgehead atoms. The largest absolute Gasteiger partial charge is 0.481 e. The summed E-state index contributed by atoms with van der Waals surface area (Å²) >= 11 is 0. The Kier molecular flexibility index (Phi) is 3.50. The van der Waals surface area contributed by atoms with Crippen LogP contribution in [0, 0.1) is 0 Å². The number of hydrogen-bond donors (Lipinski definition) is 2. The minimum atomic E-state index is 0.638. The maximum Gasteiger partial charge on any atom is 0.212 e. The Morgan fingerprint density at radius 3 is 2.75 bits per heavy atom. The fourth-order valence-electron chi connectivity index (χ4n) is 1.36. The first-order chi connectivity index (χ1) is 7.88. The van der Waals surface area contributed by atoms with Crippen LogP contribution in [0.2, 0.25) is 0 Å². The van der Waals surface area contributed by atoms with Gasteiger partial charge >= 0.3 is 0 Å². The third-order valence-electron chi connectivity index (χ3n) is 2.22. The number of rotatable bonds is 5. The van der Waals surface area contributed by atoms with Gasteiger partial charge in [0.15, 0.2) is 0 Å². The number of aromatic amines is 1. The molecule has 0 aliphatic heterocycles. The highest BCUT2D eigenvalue weighted by Gasteiger charge is 1.96. The third-order valence-corrected chi connectivity index (χ3v) is 2.22. The normalized spacial score (nSPS) is 10.3. The standard InChI is InChI=1S/C11H14N4O/c1-16-11-3-2-9(6-13-11)4-12-5-10-7-14-15-8-10/h2-3,6-8,12H,4-5H2,1H3,(H,14,15).